The van der Waals surface area contributed by atoms with Crippen molar-refractivity contribution in [2.45, 2.75) is 25.9 Å². The molecule has 0 fully saturated rings. The highest BCUT2D eigenvalue weighted by atomic mass is 15.5. The number of hydrogen-bond acceptors (Lipinski definition) is 5. The lowest BCUT2D eigenvalue weighted by Crippen LogP contribution is -2.25. The predicted octanol–water partition coefficient (Wildman–Crippen LogP) is 0.345. The maximum Gasteiger partial charge on any atom is 0.191 e. The Morgan fingerprint density at radius 3 is 2.75 bits per heavy atom. The summed E-state index contributed by atoms with van der Waals surface area (Å²) in [6, 6.07) is 0.166. The van der Waals surface area contributed by atoms with E-state index in [1.165, 1.54) is 0 Å². The summed E-state index contributed by atoms with van der Waals surface area (Å²) in [6.45, 7) is 4.04. The number of aromatic nitrogens is 6. The topological polar surface area (TPSA) is 84.3 Å². The van der Waals surface area contributed by atoms with E-state index in [0.717, 1.165) is 5.82 Å². The van der Waals surface area contributed by atoms with Crippen LogP contribution < -0.4 is 5.32 Å². The van der Waals surface area contributed by atoms with Crippen molar-refractivity contribution in [1.29, 1.82) is 0 Å². The zero-order valence-electron chi connectivity index (χ0n) is 9.55. The van der Waals surface area contributed by atoms with Gasteiger partial charge in [0.05, 0.1) is 12.1 Å². The fourth-order valence-electron chi connectivity index (χ4n) is 1.67. The smallest absolute Gasteiger partial charge is 0.191 e. The fourth-order valence-corrected chi connectivity index (χ4v) is 1.67. The number of aromatic amines is 1. The molecule has 0 saturated carbocycles. The highest BCUT2D eigenvalue weighted by Gasteiger charge is 2.16. The molecule has 0 bridgehead atoms. The monoisotopic (exact) mass is 221 g/mol. The minimum Gasteiger partial charge on any atom is -0.337 e. The second-order valence-electron chi connectivity index (χ2n) is 3.78. The largest absolute Gasteiger partial charge is 0.337 e. The standard InChI is InChI=1S/C9H15N7/c1-6(8-12-14-15-13-8)11-7(2)9-10-4-5-16(9)3/h4-7,11H,1-3H3,(H,12,13,14,15). The van der Waals surface area contributed by atoms with Crippen molar-refractivity contribution in [3.63, 3.8) is 0 Å². The van der Waals surface area contributed by atoms with Crippen molar-refractivity contribution in [2.75, 3.05) is 0 Å². The van der Waals surface area contributed by atoms with Gasteiger partial charge in [-0.25, -0.2) is 4.98 Å². The van der Waals surface area contributed by atoms with Gasteiger partial charge in [0.15, 0.2) is 5.82 Å². The number of nitrogens with zero attached hydrogens (tertiary/aromatic N) is 5. The second kappa shape index (κ2) is 4.40. The fraction of sp³-hybridized carbons (Fsp3) is 0.556. The maximum atomic E-state index is 4.29. The van der Waals surface area contributed by atoms with Crippen LogP contribution in [0, 0.1) is 0 Å². The zero-order chi connectivity index (χ0) is 11.5. The van der Waals surface area contributed by atoms with Crippen molar-refractivity contribution in [3.05, 3.63) is 24.0 Å². The molecule has 2 unspecified atom stereocenters. The zero-order valence-corrected chi connectivity index (χ0v) is 9.55. The molecule has 0 spiro atoms. The van der Waals surface area contributed by atoms with Crippen LogP contribution in [0.4, 0.5) is 0 Å². The van der Waals surface area contributed by atoms with Gasteiger partial charge in [-0.3, -0.25) is 5.32 Å². The number of hydrogen-bond donors (Lipinski definition) is 2. The SMILES string of the molecule is CC(NC(C)c1nccn1C)c1nn[nH]n1. The Hall–Kier alpha value is -1.76. The van der Waals surface area contributed by atoms with Gasteiger partial charge in [-0.05, 0) is 13.8 Å². The molecule has 0 amide bonds. The number of H-pyrrole nitrogens is 1. The van der Waals surface area contributed by atoms with E-state index in [1.807, 2.05) is 24.7 Å². The van der Waals surface area contributed by atoms with Gasteiger partial charge in [-0.1, -0.05) is 5.21 Å². The average molecular weight is 221 g/mol. The molecule has 2 rings (SSSR count). The van der Waals surface area contributed by atoms with E-state index in [9.17, 15) is 0 Å². The Balaban J connectivity index is 2.03. The van der Waals surface area contributed by atoms with Crippen molar-refractivity contribution in [3.8, 4) is 0 Å². The van der Waals surface area contributed by atoms with E-state index in [2.05, 4.69) is 37.8 Å². The third kappa shape index (κ3) is 2.08. The maximum absolute atomic E-state index is 4.29. The molecule has 7 heteroatoms. The molecule has 2 aromatic heterocycles. The molecular formula is C9H15N7. The first-order valence-electron chi connectivity index (χ1n) is 5.15. The van der Waals surface area contributed by atoms with Crippen LogP contribution in [-0.4, -0.2) is 30.2 Å². The summed E-state index contributed by atoms with van der Waals surface area (Å²) < 4.78 is 1.99. The Morgan fingerprint density at radius 1 is 1.38 bits per heavy atom. The number of tetrazole rings is 1. The second-order valence-corrected chi connectivity index (χ2v) is 3.78. The molecule has 0 aliphatic heterocycles. The molecule has 2 atom stereocenters. The van der Waals surface area contributed by atoms with Crippen LogP contribution in [0.1, 0.15) is 37.6 Å². The van der Waals surface area contributed by atoms with Gasteiger partial charge in [0, 0.05) is 19.4 Å². The van der Waals surface area contributed by atoms with Gasteiger partial charge in [0.1, 0.15) is 5.82 Å². The van der Waals surface area contributed by atoms with Crippen LogP contribution in [-0.2, 0) is 7.05 Å². The van der Waals surface area contributed by atoms with Crippen LogP contribution in [0.5, 0.6) is 0 Å². The average Bonchev–Trinajstić information content (AvgIpc) is 2.86. The molecule has 2 N–H and O–H groups in total. The van der Waals surface area contributed by atoms with Gasteiger partial charge in [0.2, 0.25) is 0 Å². The van der Waals surface area contributed by atoms with E-state index < -0.39 is 0 Å². The van der Waals surface area contributed by atoms with Crippen molar-refractivity contribution in [2.24, 2.45) is 7.05 Å². The lowest BCUT2D eigenvalue weighted by atomic mass is 10.2. The third-order valence-electron chi connectivity index (χ3n) is 2.49. The number of imidazole rings is 1. The highest BCUT2D eigenvalue weighted by molar-refractivity contribution is 4.99. The molecule has 16 heavy (non-hydrogen) atoms. The van der Waals surface area contributed by atoms with E-state index in [0.29, 0.717) is 5.82 Å². The van der Waals surface area contributed by atoms with Gasteiger partial charge in [0.25, 0.3) is 0 Å². The normalized spacial score (nSPS) is 14.9. The van der Waals surface area contributed by atoms with Crippen LogP contribution in [0.3, 0.4) is 0 Å². The molecule has 0 saturated heterocycles. The summed E-state index contributed by atoms with van der Waals surface area (Å²) in [6.07, 6.45) is 3.71. The summed E-state index contributed by atoms with van der Waals surface area (Å²) in [4.78, 5) is 4.29. The minimum atomic E-state index is 0.0328. The van der Waals surface area contributed by atoms with Gasteiger partial charge >= 0.3 is 0 Å². The van der Waals surface area contributed by atoms with Crippen molar-refractivity contribution in [1.82, 2.24) is 35.5 Å². The molecule has 0 aromatic carbocycles. The van der Waals surface area contributed by atoms with Crippen LogP contribution >= 0.6 is 0 Å². The third-order valence-corrected chi connectivity index (χ3v) is 2.49. The molecular weight excluding hydrogens is 206 g/mol. The van der Waals surface area contributed by atoms with E-state index in [-0.39, 0.29) is 12.1 Å². The summed E-state index contributed by atoms with van der Waals surface area (Å²) in [5.74, 6) is 1.64. The lowest BCUT2D eigenvalue weighted by molar-refractivity contribution is 0.453. The summed E-state index contributed by atoms with van der Waals surface area (Å²) in [5, 5.41) is 17.2. The molecule has 0 aliphatic carbocycles. The Bertz CT molecular complexity index is 432. The summed E-state index contributed by atoms with van der Waals surface area (Å²) in [5.41, 5.74) is 0. The minimum absolute atomic E-state index is 0.0328. The van der Waals surface area contributed by atoms with Gasteiger partial charge < -0.3 is 4.57 Å². The highest BCUT2D eigenvalue weighted by Crippen LogP contribution is 2.14. The molecule has 7 nitrogen and oxygen atoms in total. The number of rotatable bonds is 4. The van der Waals surface area contributed by atoms with E-state index in [4.69, 9.17) is 0 Å². The lowest BCUT2D eigenvalue weighted by Gasteiger charge is -2.17. The molecule has 2 aromatic rings. The number of aryl methyl sites for hydroxylation is 1. The Kier molecular flexibility index (Phi) is 2.95. The van der Waals surface area contributed by atoms with E-state index >= 15 is 0 Å². The van der Waals surface area contributed by atoms with Crippen LogP contribution in [0.25, 0.3) is 0 Å². The first-order valence-corrected chi connectivity index (χ1v) is 5.15. The summed E-state index contributed by atoms with van der Waals surface area (Å²) >= 11 is 0. The first-order chi connectivity index (χ1) is 7.68. The van der Waals surface area contributed by atoms with Gasteiger partial charge in [-0.2, -0.15) is 5.21 Å². The van der Waals surface area contributed by atoms with Crippen LogP contribution in [0.15, 0.2) is 12.4 Å². The van der Waals surface area contributed by atoms with Gasteiger partial charge in [-0.15, -0.1) is 10.2 Å². The predicted molar refractivity (Wildman–Crippen MR) is 57.4 cm³/mol. The molecule has 2 heterocycles. The molecule has 0 aliphatic rings. The molecule has 86 valence electrons. The summed E-state index contributed by atoms with van der Waals surface area (Å²) in [7, 11) is 1.97. The van der Waals surface area contributed by atoms with Crippen molar-refractivity contribution >= 4 is 0 Å². The quantitative estimate of drug-likeness (QED) is 0.778. The number of nitrogens with one attached hydrogen (secondary N) is 2. The molecule has 0 radical (unpaired) electrons. The Labute approximate surface area is 93.3 Å². The van der Waals surface area contributed by atoms with E-state index in [1.54, 1.807) is 6.20 Å². The first kappa shape index (κ1) is 10.7. The van der Waals surface area contributed by atoms with Crippen molar-refractivity contribution < 1.29 is 0 Å². The van der Waals surface area contributed by atoms with Crippen LogP contribution in [0.2, 0.25) is 0 Å². The Morgan fingerprint density at radius 2 is 2.19 bits per heavy atom.